The Balaban J connectivity index is 0. The van der Waals surface area contributed by atoms with Crippen molar-refractivity contribution in [3.63, 3.8) is 0 Å². The van der Waals surface area contributed by atoms with E-state index in [0.717, 1.165) is 12.8 Å². The standard InChI is InChI=1S/C14H24N2.2ClH/c1-10-5-4-6-13(7-10)14(8-11(2)15)9-12(3)16;;/h4-7,11-12,14H,8-9,15-16H2,1-3H3;2*1H. The van der Waals surface area contributed by atoms with E-state index in [0.29, 0.717) is 5.92 Å². The highest BCUT2D eigenvalue weighted by Gasteiger charge is 2.15. The monoisotopic (exact) mass is 292 g/mol. The molecule has 0 radical (unpaired) electrons. The first-order valence-corrected chi connectivity index (χ1v) is 6.06. The van der Waals surface area contributed by atoms with E-state index in [1.807, 2.05) is 0 Å². The summed E-state index contributed by atoms with van der Waals surface area (Å²) < 4.78 is 0. The molecule has 0 saturated heterocycles. The molecular weight excluding hydrogens is 267 g/mol. The van der Waals surface area contributed by atoms with Crippen LogP contribution < -0.4 is 11.5 Å². The first kappa shape index (κ1) is 20.0. The molecule has 0 aliphatic heterocycles. The Kier molecular flexibility index (Phi) is 10.7. The third kappa shape index (κ3) is 7.22. The molecule has 0 aliphatic carbocycles. The molecule has 2 atom stereocenters. The molecule has 1 aromatic carbocycles. The highest BCUT2D eigenvalue weighted by molar-refractivity contribution is 5.85. The third-order valence-electron chi connectivity index (χ3n) is 2.83. The highest BCUT2D eigenvalue weighted by Crippen LogP contribution is 2.26. The van der Waals surface area contributed by atoms with Crippen LogP contribution in [0.15, 0.2) is 24.3 Å². The van der Waals surface area contributed by atoms with E-state index < -0.39 is 0 Å². The van der Waals surface area contributed by atoms with Crippen molar-refractivity contribution in [2.75, 3.05) is 0 Å². The van der Waals surface area contributed by atoms with Crippen molar-refractivity contribution in [1.29, 1.82) is 0 Å². The van der Waals surface area contributed by atoms with Crippen LogP contribution in [-0.4, -0.2) is 12.1 Å². The Morgan fingerprint density at radius 3 is 1.89 bits per heavy atom. The number of nitrogens with two attached hydrogens (primary N) is 2. The highest BCUT2D eigenvalue weighted by atomic mass is 35.5. The molecule has 0 spiro atoms. The number of rotatable bonds is 5. The van der Waals surface area contributed by atoms with E-state index in [4.69, 9.17) is 11.5 Å². The van der Waals surface area contributed by atoms with Crippen molar-refractivity contribution < 1.29 is 0 Å². The number of benzene rings is 1. The number of aryl methyl sites for hydroxylation is 1. The van der Waals surface area contributed by atoms with Crippen LogP contribution in [0.25, 0.3) is 0 Å². The van der Waals surface area contributed by atoms with Gasteiger partial charge < -0.3 is 11.5 Å². The summed E-state index contributed by atoms with van der Waals surface area (Å²) >= 11 is 0. The fourth-order valence-electron chi connectivity index (χ4n) is 2.19. The molecule has 0 fully saturated rings. The SMILES string of the molecule is Cc1cccc(C(CC(C)N)CC(C)N)c1.Cl.Cl. The lowest BCUT2D eigenvalue weighted by atomic mass is 9.87. The first-order chi connectivity index (χ1) is 7.49. The van der Waals surface area contributed by atoms with E-state index in [-0.39, 0.29) is 36.9 Å². The molecular formula is C14H26Cl2N2. The van der Waals surface area contributed by atoms with Gasteiger partial charge in [0.25, 0.3) is 0 Å². The van der Waals surface area contributed by atoms with Gasteiger partial charge in [-0.3, -0.25) is 0 Å². The van der Waals surface area contributed by atoms with Crippen LogP contribution in [0.1, 0.15) is 43.7 Å². The zero-order valence-electron chi connectivity index (χ0n) is 11.4. The van der Waals surface area contributed by atoms with Crippen molar-refractivity contribution >= 4 is 24.8 Å². The smallest absolute Gasteiger partial charge is 0.00163 e. The minimum Gasteiger partial charge on any atom is -0.328 e. The van der Waals surface area contributed by atoms with E-state index in [1.165, 1.54) is 11.1 Å². The maximum Gasteiger partial charge on any atom is 0.00163 e. The molecule has 1 rings (SSSR count). The van der Waals surface area contributed by atoms with Crippen LogP contribution in [0.4, 0.5) is 0 Å². The second-order valence-corrected chi connectivity index (χ2v) is 5.04. The number of hydrogen-bond acceptors (Lipinski definition) is 2. The van der Waals surface area contributed by atoms with Crippen molar-refractivity contribution in [3.05, 3.63) is 35.4 Å². The van der Waals surface area contributed by atoms with Gasteiger partial charge in [-0.2, -0.15) is 0 Å². The molecule has 0 aliphatic rings. The average Bonchev–Trinajstić information content (AvgIpc) is 2.15. The van der Waals surface area contributed by atoms with Gasteiger partial charge in [0.2, 0.25) is 0 Å². The van der Waals surface area contributed by atoms with Crippen molar-refractivity contribution in [1.82, 2.24) is 0 Å². The minimum atomic E-state index is 0. The molecule has 0 saturated carbocycles. The summed E-state index contributed by atoms with van der Waals surface area (Å²) in [6.45, 7) is 6.24. The van der Waals surface area contributed by atoms with Crippen molar-refractivity contribution in [2.24, 2.45) is 11.5 Å². The molecule has 0 bridgehead atoms. The summed E-state index contributed by atoms with van der Waals surface area (Å²) in [5, 5.41) is 0. The van der Waals surface area contributed by atoms with Crippen LogP contribution >= 0.6 is 24.8 Å². The summed E-state index contributed by atoms with van der Waals surface area (Å²) in [6.07, 6.45) is 2.01. The number of halogens is 2. The second-order valence-electron chi connectivity index (χ2n) is 5.04. The minimum absolute atomic E-state index is 0. The van der Waals surface area contributed by atoms with Gasteiger partial charge in [-0.25, -0.2) is 0 Å². The van der Waals surface area contributed by atoms with Gasteiger partial charge in [0.05, 0.1) is 0 Å². The van der Waals surface area contributed by atoms with Crippen LogP contribution in [0.5, 0.6) is 0 Å². The lowest BCUT2D eigenvalue weighted by molar-refractivity contribution is 0.486. The molecule has 1 aromatic rings. The summed E-state index contributed by atoms with van der Waals surface area (Å²) in [6, 6.07) is 9.12. The van der Waals surface area contributed by atoms with Gasteiger partial charge in [0.15, 0.2) is 0 Å². The van der Waals surface area contributed by atoms with Gasteiger partial charge in [-0.05, 0) is 45.1 Å². The maximum atomic E-state index is 5.90. The van der Waals surface area contributed by atoms with Gasteiger partial charge in [-0.1, -0.05) is 29.8 Å². The Morgan fingerprint density at radius 2 is 1.50 bits per heavy atom. The molecule has 106 valence electrons. The second kappa shape index (κ2) is 9.62. The van der Waals surface area contributed by atoms with Crippen LogP contribution in [0.2, 0.25) is 0 Å². The lowest BCUT2D eigenvalue weighted by Gasteiger charge is -2.21. The Hall–Kier alpha value is -0.280. The first-order valence-electron chi connectivity index (χ1n) is 6.06. The molecule has 2 nitrogen and oxygen atoms in total. The molecule has 0 heterocycles. The molecule has 18 heavy (non-hydrogen) atoms. The normalized spacial score (nSPS) is 14.9. The van der Waals surface area contributed by atoms with Crippen molar-refractivity contribution in [2.45, 2.75) is 51.6 Å². The zero-order valence-corrected chi connectivity index (χ0v) is 13.1. The quantitative estimate of drug-likeness (QED) is 0.874. The van der Waals surface area contributed by atoms with Gasteiger partial charge in [0.1, 0.15) is 0 Å². The summed E-state index contributed by atoms with van der Waals surface area (Å²) in [5.41, 5.74) is 14.5. The summed E-state index contributed by atoms with van der Waals surface area (Å²) in [5.74, 6) is 0.486. The Labute approximate surface area is 123 Å². The summed E-state index contributed by atoms with van der Waals surface area (Å²) in [4.78, 5) is 0. The molecule has 4 N–H and O–H groups in total. The maximum absolute atomic E-state index is 5.90. The van der Waals surface area contributed by atoms with Gasteiger partial charge in [0, 0.05) is 12.1 Å². The third-order valence-corrected chi connectivity index (χ3v) is 2.83. The molecule has 0 aromatic heterocycles. The number of hydrogen-bond donors (Lipinski definition) is 2. The van der Waals surface area contributed by atoms with E-state index in [1.54, 1.807) is 0 Å². The Bertz CT molecular complexity index is 317. The van der Waals surface area contributed by atoms with E-state index >= 15 is 0 Å². The molecule has 4 heteroatoms. The zero-order chi connectivity index (χ0) is 12.1. The van der Waals surface area contributed by atoms with E-state index in [9.17, 15) is 0 Å². The van der Waals surface area contributed by atoms with E-state index in [2.05, 4.69) is 45.0 Å². The predicted molar refractivity (Wildman–Crippen MR) is 84.9 cm³/mol. The Morgan fingerprint density at radius 1 is 1.00 bits per heavy atom. The van der Waals surface area contributed by atoms with Gasteiger partial charge in [-0.15, -0.1) is 24.8 Å². The van der Waals surface area contributed by atoms with Gasteiger partial charge >= 0.3 is 0 Å². The van der Waals surface area contributed by atoms with Crippen molar-refractivity contribution in [3.8, 4) is 0 Å². The fourth-order valence-corrected chi connectivity index (χ4v) is 2.19. The fraction of sp³-hybridized carbons (Fsp3) is 0.571. The molecule has 0 amide bonds. The largest absolute Gasteiger partial charge is 0.328 e. The summed E-state index contributed by atoms with van der Waals surface area (Å²) in [7, 11) is 0. The topological polar surface area (TPSA) is 52.0 Å². The van der Waals surface area contributed by atoms with Crippen LogP contribution in [0.3, 0.4) is 0 Å². The molecule has 2 unspecified atom stereocenters. The van der Waals surface area contributed by atoms with Crippen LogP contribution in [-0.2, 0) is 0 Å². The van der Waals surface area contributed by atoms with Crippen LogP contribution in [0, 0.1) is 6.92 Å². The lowest BCUT2D eigenvalue weighted by Crippen LogP contribution is -2.24. The average molecular weight is 293 g/mol. The predicted octanol–water partition coefficient (Wildman–Crippen LogP) is 3.40.